The second-order valence-corrected chi connectivity index (χ2v) is 6.76. The lowest BCUT2D eigenvalue weighted by atomic mass is 9.92. The number of rotatable bonds is 5. The first-order chi connectivity index (χ1) is 12.2. The predicted octanol–water partition coefficient (Wildman–Crippen LogP) is 1.81. The van der Waals surface area contributed by atoms with Gasteiger partial charge in [0.1, 0.15) is 0 Å². The van der Waals surface area contributed by atoms with Gasteiger partial charge in [-0.05, 0) is 23.8 Å². The van der Waals surface area contributed by atoms with E-state index >= 15 is 0 Å². The number of para-hydroxylation sites is 1. The Hall–Kier alpha value is -2.44. The SMILES string of the molecule is Cn1cc([C@@H]2CN(Cc3ccnn3-c3ccccc3)C[C@H]2CO)cn1. The lowest BCUT2D eigenvalue weighted by Gasteiger charge is -2.16. The van der Waals surface area contributed by atoms with Gasteiger partial charge < -0.3 is 5.11 Å². The van der Waals surface area contributed by atoms with Crippen LogP contribution in [0.2, 0.25) is 0 Å². The molecule has 2 aromatic heterocycles. The number of aliphatic hydroxyl groups excluding tert-OH is 1. The number of benzene rings is 1. The highest BCUT2D eigenvalue weighted by Gasteiger charge is 2.34. The lowest BCUT2D eigenvalue weighted by Crippen LogP contribution is -2.22. The first-order valence-electron chi connectivity index (χ1n) is 8.64. The molecule has 25 heavy (non-hydrogen) atoms. The van der Waals surface area contributed by atoms with Gasteiger partial charge in [-0.25, -0.2) is 4.68 Å². The van der Waals surface area contributed by atoms with Gasteiger partial charge in [0.15, 0.2) is 0 Å². The van der Waals surface area contributed by atoms with Crippen LogP contribution in [0.25, 0.3) is 5.69 Å². The molecule has 4 rings (SSSR count). The van der Waals surface area contributed by atoms with E-state index in [9.17, 15) is 5.11 Å². The summed E-state index contributed by atoms with van der Waals surface area (Å²) < 4.78 is 3.82. The van der Waals surface area contributed by atoms with E-state index in [1.165, 1.54) is 5.56 Å². The van der Waals surface area contributed by atoms with Crippen LogP contribution in [0.3, 0.4) is 0 Å². The van der Waals surface area contributed by atoms with Crippen LogP contribution in [0.1, 0.15) is 17.2 Å². The van der Waals surface area contributed by atoms with Crippen molar-refractivity contribution in [1.82, 2.24) is 24.5 Å². The first kappa shape index (κ1) is 16.1. The molecule has 1 N–H and O–H groups in total. The van der Waals surface area contributed by atoms with Gasteiger partial charge in [-0.15, -0.1) is 0 Å². The van der Waals surface area contributed by atoms with Gasteiger partial charge in [-0.1, -0.05) is 18.2 Å². The maximum atomic E-state index is 9.81. The summed E-state index contributed by atoms with van der Waals surface area (Å²) in [6.45, 7) is 2.84. The molecule has 0 spiro atoms. The van der Waals surface area contributed by atoms with E-state index in [2.05, 4.69) is 39.5 Å². The fraction of sp³-hybridized carbons (Fsp3) is 0.368. The molecule has 6 heteroatoms. The topological polar surface area (TPSA) is 59.1 Å². The lowest BCUT2D eigenvalue weighted by molar-refractivity contribution is 0.213. The highest BCUT2D eigenvalue weighted by atomic mass is 16.3. The summed E-state index contributed by atoms with van der Waals surface area (Å²) in [6, 6.07) is 12.3. The van der Waals surface area contributed by atoms with Crippen molar-refractivity contribution in [3.05, 3.63) is 66.2 Å². The van der Waals surface area contributed by atoms with Gasteiger partial charge in [0.05, 0.1) is 17.6 Å². The van der Waals surface area contributed by atoms with E-state index < -0.39 is 0 Å². The van der Waals surface area contributed by atoms with Gasteiger partial charge in [-0.3, -0.25) is 9.58 Å². The van der Waals surface area contributed by atoms with Gasteiger partial charge in [0, 0.05) is 57.5 Å². The molecule has 0 bridgehead atoms. The Balaban J connectivity index is 1.52. The average Bonchev–Trinajstić information content (AvgIpc) is 3.35. The van der Waals surface area contributed by atoms with Crippen molar-refractivity contribution in [3.8, 4) is 5.69 Å². The molecule has 0 saturated carbocycles. The van der Waals surface area contributed by atoms with Crippen molar-refractivity contribution >= 4 is 0 Å². The van der Waals surface area contributed by atoms with Crippen LogP contribution in [0.5, 0.6) is 0 Å². The summed E-state index contributed by atoms with van der Waals surface area (Å²) in [7, 11) is 1.93. The zero-order valence-electron chi connectivity index (χ0n) is 14.4. The number of nitrogens with zero attached hydrogens (tertiary/aromatic N) is 5. The molecule has 1 aliphatic heterocycles. The summed E-state index contributed by atoms with van der Waals surface area (Å²) >= 11 is 0. The van der Waals surface area contributed by atoms with Crippen LogP contribution < -0.4 is 0 Å². The molecule has 1 aromatic carbocycles. The van der Waals surface area contributed by atoms with Crippen LogP contribution in [-0.2, 0) is 13.6 Å². The Kier molecular flexibility index (Phi) is 4.38. The second kappa shape index (κ2) is 6.82. The van der Waals surface area contributed by atoms with Gasteiger partial charge in [0.2, 0.25) is 0 Å². The van der Waals surface area contributed by atoms with Crippen molar-refractivity contribution < 1.29 is 5.11 Å². The second-order valence-electron chi connectivity index (χ2n) is 6.76. The molecule has 0 radical (unpaired) electrons. The van der Waals surface area contributed by atoms with Crippen molar-refractivity contribution in [3.63, 3.8) is 0 Å². The number of aryl methyl sites for hydroxylation is 1. The monoisotopic (exact) mass is 337 g/mol. The highest BCUT2D eigenvalue weighted by molar-refractivity contribution is 5.32. The Morgan fingerprint density at radius 2 is 1.96 bits per heavy atom. The molecule has 0 unspecified atom stereocenters. The smallest absolute Gasteiger partial charge is 0.0649 e. The third kappa shape index (κ3) is 3.23. The van der Waals surface area contributed by atoms with E-state index in [0.717, 1.165) is 31.0 Å². The molecular formula is C19H23N5O. The zero-order chi connectivity index (χ0) is 17.2. The van der Waals surface area contributed by atoms with Gasteiger partial charge >= 0.3 is 0 Å². The molecule has 0 amide bonds. The van der Waals surface area contributed by atoms with Crippen LogP contribution in [0.4, 0.5) is 0 Å². The number of aromatic nitrogens is 4. The minimum absolute atomic E-state index is 0.202. The quantitative estimate of drug-likeness (QED) is 0.771. The van der Waals surface area contributed by atoms with Gasteiger partial charge in [0.25, 0.3) is 0 Å². The maximum Gasteiger partial charge on any atom is 0.0649 e. The normalized spacial score (nSPS) is 21.0. The molecule has 3 heterocycles. The Labute approximate surface area is 147 Å². The third-order valence-electron chi connectivity index (χ3n) is 5.01. The summed E-state index contributed by atoms with van der Waals surface area (Å²) in [5.41, 5.74) is 3.44. The highest BCUT2D eigenvalue weighted by Crippen LogP contribution is 2.33. The molecule has 6 nitrogen and oxygen atoms in total. The minimum Gasteiger partial charge on any atom is -0.396 e. The first-order valence-corrected chi connectivity index (χ1v) is 8.64. The summed E-state index contributed by atoms with van der Waals surface area (Å²) in [5.74, 6) is 0.573. The largest absolute Gasteiger partial charge is 0.396 e. The fourth-order valence-corrected chi connectivity index (χ4v) is 3.77. The van der Waals surface area contributed by atoms with Crippen molar-refractivity contribution in [2.45, 2.75) is 12.5 Å². The van der Waals surface area contributed by atoms with E-state index in [1.807, 2.05) is 47.0 Å². The van der Waals surface area contributed by atoms with Crippen LogP contribution in [0, 0.1) is 5.92 Å². The summed E-state index contributed by atoms with van der Waals surface area (Å²) in [5, 5.41) is 18.6. The molecular weight excluding hydrogens is 314 g/mol. The number of likely N-dealkylation sites (tertiary alicyclic amines) is 1. The van der Waals surface area contributed by atoms with E-state index in [1.54, 1.807) is 0 Å². The van der Waals surface area contributed by atoms with Crippen LogP contribution >= 0.6 is 0 Å². The predicted molar refractivity (Wildman–Crippen MR) is 95.4 cm³/mol. The van der Waals surface area contributed by atoms with Crippen LogP contribution in [-0.4, -0.2) is 49.3 Å². The molecule has 1 aliphatic rings. The van der Waals surface area contributed by atoms with Crippen molar-refractivity contribution in [2.75, 3.05) is 19.7 Å². The number of hydrogen-bond acceptors (Lipinski definition) is 4. The van der Waals surface area contributed by atoms with Crippen molar-refractivity contribution in [1.29, 1.82) is 0 Å². The van der Waals surface area contributed by atoms with E-state index in [0.29, 0.717) is 5.92 Å². The third-order valence-corrected chi connectivity index (χ3v) is 5.01. The molecule has 1 saturated heterocycles. The molecule has 3 aromatic rings. The Bertz CT molecular complexity index is 825. The Morgan fingerprint density at radius 1 is 1.12 bits per heavy atom. The number of hydrogen-bond donors (Lipinski definition) is 1. The summed E-state index contributed by atoms with van der Waals surface area (Å²) in [6.07, 6.45) is 5.83. The van der Waals surface area contributed by atoms with E-state index in [-0.39, 0.29) is 12.5 Å². The fourth-order valence-electron chi connectivity index (χ4n) is 3.77. The van der Waals surface area contributed by atoms with Crippen molar-refractivity contribution in [2.24, 2.45) is 13.0 Å². The average molecular weight is 337 g/mol. The van der Waals surface area contributed by atoms with E-state index in [4.69, 9.17) is 0 Å². The standard InChI is InChI=1S/C19H23N5O/c1-22-10-15(9-21-22)19-13-23(11-16(19)14-25)12-18-7-8-20-24(18)17-5-3-2-4-6-17/h2-10,16,19,25H,11-14H2,1H3/t16-,19-/m0/s1. The minimum atomic E-state index is 0.202. The number of aliphatic hydroxyl groups is 1. The molecule has 0 aliphatic carbocycles. The van der Waals surface area contributed by atoms with Gasteiger partial charge in [-0.2, -0.15) is 10.2 Å². The summed E-state index contributed by atoms with van der Waals surface area (Å²) in [4.78, 5) is 2.40. The zero-order valence-corrected chi connectivity index (χ0v) is 14.4. The molecule has 1 fully saturated rings. The maximum absolute atomic E-state index is 9.81. The molecule has 130 valence electrons. The Morgan fingerprint density at radius 3 is 2.68 bits per heavy atom. The molecule has 2 atom stereocenters. The van der Waals surface area contributed by atoms with Crippen LogP contribution in [0.15, 0.2) is 55.0 Å².